The Kier molecular flexibility index (Phi) is 3.99. The fourth-order valence-corrected chi connectivity index (χ4v) is 2.03. The third-order valence-electron chi connectivity index (χ3n) is 2.76. The number of hydrogen-bond donors (Lipinski definition) is 1. The summed E-state index contributed by atoms with van der Waals surface area (Å²) in [6.07, 6.45) is 4.07. The van der Waals surface area contributed by atoms with Crippen LogP contribution in [0.15, 0.2) is 23.1 Å². The largest absolute Gasteiger partial charge is 0.320 e. The smallest absolute Gasteiger partial charge is 0.259 e. The summed E-state index contributed by atoms with van der Waals surface area (Å²) in [5.74, 6) is -0.159. The molecule has 100 valence electrons. The van der Waals surface area contributed by atoms with Crippen LogP contribution in [0.1, 0.15) is 28.5 Å². The Bertz CT molecular complexity index is 621. The molecule has 6 heteroatoms. The minimum absolute atomic E-state index is 0.159. The van der Waals surface area contributed by atoms with Crippen molar-refractivity contribution in [2.75, 3.05) is 5.32 Å². The molecule has 0 aliphatic carbocycles. The van der Waals surface area contributed by atoms with E-state index < -0.39 is 0 Å². The maximum atomic E-state index is 12.2. The van der Waals surface area contributed by atoms with Crippen molar-refractivity contribution in [3.8, 4) is 0 Å². The number of amides is 1. The fourth-order valence-electron chi connectivity index (χ4n) is 1.81. The molecule has 0 aromatic carbocycles. The molecule has 2 heterocycles. The average molecular weight is 323 g/mol. The van der Waals surface area contributed by atoms with E-state index >= 15 is 0 Å². The molecule has 0 spiro atoms. The number of halogens is 1. The standard InChI is InChI=1S/C13H15BrN4O/c1-4-11-10(7-18(3)17-11)13(19)16-9-5-8(2)12(14)15-6-9/h5-7H,4H2,1-3H3,(H,16,19). The average Bonchev–Trinajstić information content (AvgIpc) is 2.75. The van der Waals surface area contributed by atoms with Crippen LogP contribution >= 0.6 is 15.9 Å². The van der Waals surface area contributed by atoms with Gasteiger partial charge in [-0.2, -0.15) is 5.10 Å². The third kappa shape index (κ3) is 3.01. The predicted molar refractivity (Wildman–Crippen MR) is 77.2 cm³/mol. The number of nitrogens with zero attached hydrogens (tertiary/aromatic N) is 3. The van der Waals surface area contributed by atoms with Crippen molar-refractivity contribution in [3.63, 3.8) is 0 Å². The number of anilines is 1. The molecule has 0 radical (unpaired) electrons. The molecule has 2 rings (SSSR count). The van der Waals surface area contributed by atoms with Gasteiger partial charge in [0.05, 0.1) is 23.1 Å². The van der Waals surface area contributed by atoms with Gasteiger partial charge in [0, 0.05) is 13.2 Å². The number of carbonyl (C=O) groups excluding carboxylic acids is 1. The summed E-state index contributed by atoms with van der Waals surface area (Å²) in [6.45, 7) is 3.90. The van der Waals surface area contributed by atoms with Crippen LogP contribution in [-0.2, 0) is 13.5 Å². The molecule has 0 fully saturated rings. The zero-order valence-corrected chi connectivity index (χ0v) is 12.7. The van der Waals surface area contributed by atoms with Crippen LogP contribution in [0.25, 0.3) is 0 Å². The second kappa shape index (κ2) is 5.52. The summed E-state index contributed by atoms with van der Waals surface area (Å²) in [5, 5.41) is 7.09. The van der Waals surface area contributed by atoms with Crippen LogP contribution in [0.4, 0.5) is 5.69 Å². The second-order valence-corrected chi connectivity index (χ2v) is 5.05. The summed E-state index contributed by atoms with van der Waals surface area (Å²) in [6, 6.07) is 1.87. The van der Waals surface area contributed by atoms with Crippen molar-refractivity contribution >= 4 is 27.5 Å². The zero-order valence-electron chi connectivity index (χ0n) is 11.1. The van der Waals surface area contributed by atoms with E-state index in [2.05, 4.69) is 31.3 Å². The second-order valence-electron chi connectivity index (χ2n) is 4.30. The van der Waals surface area contributed by atoms with Crippen molar-refractivity contribution in [3.05, 3.63) is 39.9 Å². The summed E-state index contributed by atoms with van der Waals surface area (Å²) in [7, 11) is 1.81. The predicted octanol–water partition coefficient (Wildman–Crippen LogP) is 2.70. The number of nitrogens with one attached hydrogen (secondary N) is 1. The Balaban J connectivity index is 2.22. The molecule has 1 N–H and O–H groups in total. The van der Waals surface area contributed by atoms with Gasteiger partial charge in [-0.25, -0.2) is 4.98 Å². The van der Waals surface area contributed by atoms with Gasteiger partial charge in [-0.3, -0.25) is 9.48 Å². The highest BCUT2D eigenvalue weighted by Crippen LogP contribution is 2.18. The highest BCUT2D eigenvalue weighted by Gasteiger charge is 2.14. The summed E-state index contributed by atoms with van der Waals surface area (Å²) in [4.78, 5) is 16.4. The first-order chi connectivity index (χ1) is 9.01. The van der Waals surface area contributed by atoms with Gasteiger partial charge in [0.25, 0.3) is 5.91 Å². The quantitative estimate of drug-likeness (QED) is 0.884. The molecular weight excluding hydrogens is 308 g/mol. The maximum Gasteiger partial charge on any atom is 0.259 e. The first-order valence-electron chi connectivity index (χ1n) is 5.97. The molecule has 19 heavy (non-hydrogen) atoms. The van der Waals surface area contributed by atoms with E-state index in [1.54, 1.807) is 24.1 Å². The minimum atomic E-state index is -0.159. The Hall–Kier alpha value is -1.69. The van der Waals surface area contributed by atoms with Crippen LogP contribution in [0.2, 0.25) is 0 Å². The van der Waals surface area contributed by atoms with Gasteiger partial charge >= 0.3 is 0 Å². The van der Waals surface area contributed by atoms with Crippen LogP contribution in [0.5, 0.6) is 0 Å². The summed E-state index contributed by atoms with van der Waals surface area (Å²) >= 11 is 3.33. The van der Waals surface area contributed by atoms with Crippen molar-refractivity contribution in [2.45, 2.75) is 20.3 Å². The first kappa shape index (κ1) is 13.7. The summed E-state index contributed by atoms with van der Waals surface area (Å²) < 4.78 is 2.43. The molecule has 2 aromatic heterocycles. The van der Waals surface area contributed by atoms with E-state index in [9.17, 15) is 4.79 Å². The molecule has 2 aromatic rings. The van der Waals surface area contributed by atoms with Crippen molar-refractivity contribution in [2.24, 2.45) is 7.05 Å². The fraction of sp³-hybridized carbons (Fsp3) is 0.308. The van der Waals surface area contributed by atoms with Gasteiger partial charge in [-0.1, -0.05) is 6.92 Å². The van der Waals surface area contributed by atoms with Gasteiger partial charge in [0.15, 0.2) is 0 Å². The highest BCUT2D eigenvalue weighted by molar-refractivity contribution is 9.10. The monoisotopic (exact) mass is 322 g/mol. The normalized spacial score (nSPS) is 10.5. The molecule has 0 saturated heterocycles. The van der Waals surface area contributed by atoms with Crippen molar-refractivity contribution < 1.29 is 4.79 Å². The van der Waals surface area contributed by atoms with Gasteiger partial charge in [-0.05, 0) is 40.9 Å². The minimum Gasteiger partial charge on any atom is -0.320 e. The lowest BCUT2D eigenvalue weighted by molar-refractivity contribution is 0.102. The SMILES string of the molecule is CCc1nn(C)cc1C(=O)Nc1cnc(Br)c(C)c1. The Labute approximate surface area is 120 Å². The van der Waals surface area contributed by atoms with Crippen LogP contribution in [0.3, 0.4) is 0 Å². The lowest BCUT2D eigenvalue weighted by atomic mass is 10.2. The number of rotatable bonds is 3. The van der Waals surface area contributed by atoms with Gasteiger partial charge in [0.1, 0.15) is 4.60 Å². The molecule has 1 amide bonds. The molecule has 0 saturated carbocycles. The molecular formula is C13H15BrN4O. The Morgan fingerprint density at radius 1 is 1.53 bits per heavy atom. The number of aryl methyl sites for hydroxylation is 3. The Morgan fingerprint density at radius 3 is 2.89 bits per heavy atom. The van der Waals surface area contributed by atoms with Crippen LogP contribution < -0.4 is 5.32 Å². The van der Waals surface area contributed by atoms with E-state index in [1.165, 1.54) is 0 Å². The van der Waals surface area contributed by atoms with Gasteiger partial charge in [0.2, 0.25) is 0 Å². The number of hydrogen-bond acceptors (Lipinski definition) is 3. The number of aromatic nitrogens is 3. The van der Waals surface area contributed by atoms with E-state index in [4.69, 9.17) is 0 Å². The van der Waals surface area contributed by atoms with Crippen molar-refractivity contribution in [1.82, 2.24) is 14.8 Å². The maximum absolute atomic E-state index is 12.2. The van der Waals surface area contributed by atoms with E-state index in [-0.39, 0.29) is 5.91 Å². The molecule has 0 unspecified atom stereocenters. The molecule has 5 nitrogen and oxygen atoms in total. The molecule has 0 bridgehead atoms. The van der Waals surface area contributed by atoms with E-state index in [0.717, 1.165) is 22.3 Å². The summed E-state index contributed by atoms with van der Waals surface area (Å²) in [5.41, 5.74) is 3.05. The first-order valence-corrected chi connectivity index (χ1v) is 6.76. The number of pyridine rings is 1. The van der Waals surface area contributed by atoms with E-state index in [0.29, 0.717) is 11.3 Å². The lowest BCUT2D eigenvalue weighted by Gasteiger charge is -2.06. The van der Waals surface area contributed by atoms with Crippen molar-refractivity contribution in [1.29, 1.82) is 0 Å². The topological polar surface area (TPSA) is 59.8 Å². The van der Waals surface area contributed by atoms with Gasteiger partial charge < -0.3 is 5.32 Å². The zero-order chi connectivity index (χ0) is 14.0. The van der Waals surface area contributed by atoms with Gasteiger partial charge in [-0.15, -0.1) is 0 Å². The van der Waals surface area contributed by atoms with Crippen LogP contribution in [-0.4, -0.2) is 20.7 Å². The lowest BCUT2D eigenvalue weighted by Crippen LogP contribution is -2.13. The molecule has 0 aliphatic heterocycles. The highest BCUT2D eigenvalue weighted by atomic mass is 79.9. The third-order valence-corrected chi connectivity index (χ3v) is 3.59. The number of carbonyl (C=O) groups is 1. The molecule has 0 atom stereocenters. The van der Waals surface area contributed by atoms with E-state index in [1.807, 2.05) is 19.9 Å². The van der Waals surface area contributed by atoms with Crippen LogP contribution in [0, 0.1) is 6.92 Å². The molecule has 0 aliphatic rings. The Morgan fingerprint density at radius 2 is 2.26 bits per heavy atom.